The average Bonchev–Trinajstić information content (AvgIpc) is 3.38. The van der Waals surface area contributed by atoms with E-state index in [2.05, 4.69) is 6.92 Å². The van der Waals surface area contributed by atoms with Crippen LogP contribution >= 0.6 is 0 Å². The first-order valence-corrected chi connectivity index (χ1v) is 17.1. The van der Waals surface area contributed by atoms with Gasteiger partial charge in [0.1, 0.15) is 11.7 Å². The van der Waals surface area contributed by atoms with E-state index in [4.69, 9.17) is 9.47 Å². The first-order chi connectivity index (χ1) is 20.7. The molecule has 0 aromatic rings. The van der Waals surface area contributed by atoms with E-state index in [0.29, 0.717) is 17.6 Å². The van der Waals surface area contributed by atoms with Crippen molar-refractivity contribution in [3.8, 4) is 0 Å². The van der Waals surface area contributed by atoms with Gasteiger partial charge in [0.25, 0.3) is 0 Å². The number of esters is 2. The van der Waals surface area contributed by atoms with Gasteiger partial charge >= 0.3 is 11.9 Å². The number of Topliss-reactive ketones (excluding diaryl/α,β-unsaturated/α-hetero) is 1. The van der Waals surface area contributed by atoms with Crippen LogP contribution in [0.2, 0.25) is 0 Å². The van der Waals surface area contributed by atoms with E-state index in [0.717, 1.165) is 19.3 Å². The SMILES string of the molecule is CCCCCCCCCCCCCC(=O)OC1C(C)[C@@]2(O)[C@@H](C=C(CO)C[C@]3(O)C(=O)C(C)=C[C@@H]23)[C@@H]2C(C)(C)[C@]12OC(C)=O. The van der Waals surface area contributed by atoms with Gasteiger partial charge in [-0.1, -0.05) is 104 Å². The number of aliphatic hydroxyl groups excluding tert-OH is 1. The van der Waals surface area contributed by atoms with Crippen LogP contribution in [0.5, 0.6) is 0 Å². The summed E-state index contributed by atoms with van der Waals surface area (Å²) in [5, 5.41) is 34.8. The molecule has 0 aliphatic heterocycles. The minimum atomic E-state index is -1.93. The van der Waals surface area contributed by atoms with Crippen molar-refractivity contribution in [3.05, 3.63) is 23.3 Å². The minimum Gasteiger partial charge on any atom is -0.458 e. The number of hydrogen-bond acceptors (Lipinski definition) is 8. The van der Waals surface area contributed by atoms with Crippen LogP contribution in [0.15, 0.2) is 23.3 Å². The van der Waals surface area contributed by atoms with E-state index in [1.807, 2.05) is 13.8 Å². The fourth-order valence-corrected chi connectivity index (χ4v) is 9.20. The Hall–Kier alpha value is -2.03. The fraction of sp³-hybridized carbons (Fsp3) is 0.806. The van der Waals surface area contributed by atoms with Gasteiger partial charge in [0, 0.05) is 48.9 Å². The molecule has 0 bridgehead atoms. The summed E-state index contributed by atoms with van der Waals surface area (Å²) in [5.74, 6) is -4.29. The molecule has 0 saturated heterocycles. The van der Waals surface area contributed by atoms with Crippen molar-refractivity contribution >= 4 is 17.7 Å². The third kappa shape index (κ3) is 5.84. The molecular weight excluding hydrogens is 560 g/mol. The largest absolute Gasteiger partial charge is 0.458 e. The number of fused-ring (bicyclic) bond motifs is 5. The lowest BCUT2D eigenvalue weighted by Gasteiger charge is -2.53. The van der Waals surface area contributed by atoms with Crippen LogP contribution < -0.4 is 0 Å². The number of unbranched alkanes of at least 4 members (excludes halogenated alkanes) is 10. The number of ether oxygens (including phenoxy) is 2. The number of carbonyl (C=O) groups excluding carboxylic acids is 3. The Balaban J connectivity index is 1.51. The van der Waals surface area contributed by atoms with Crippen LogP contribution in [0.4, 0.5) is 0 Å². The summed E-state index contributed by atoms with van der Waals surface area (Å²) in [6, 6.07) is 0. The molecule has 2 unspecified atom stereocenters. The Morgan fingerprint density at radius 2 is 1.52 bits per heavy atom. The Bertz CT molecular complexity index is 1150. The van der Waals surface area contributed by atoms with Crippen LogP contribution in [-0.4, -0.2) is 62.6 Å². The smallest absolute Gasteiger partial charge is 0.306 e. The molecule has 0 radical (unpaired) electrons. The highest BCUT2D eigenvalue weighted by Crippen LogP contribution is 2.77. The van der Waals surface area contributed by atoms with Crippen LogP contribution in [0, 0.1) is 29.1 Å². The normalized spacial score (nSPS) is 36.8. The van der Waals surface area contributed by atoms with Crippen LogP contribution in [0.3, 0.4) is 0 Å². The van der Waals surface area contributed by atoms with Gasteiger partial charge in [-0.15, -0.1) is 0 Å². The van der Waals surface area contributed by atoms with Gasteiger partial charge < -0.3 is 24.8 Å². The summed E-state index contributed by atoms with van der Waals surface area (Å²) in [4.78, 5) is 39.1. The van der Waals surface area contributed by atoms with Crippen molar-refractivity contribution in [2.75, 3.05) is 6.61 Å². The Morgan fingerprint density at radius 3 is 2.07 bits per heavy atom. The fourth-order valence-electron chi connectivity index (χ4n) is 9.20. The molecule has 0 spiro atoms. The van der Waals surface area contributed by atoms with Crippen molar-refractivity contribution in [2.24, 2.45) is 29.1 Å². The van der Waals surface area contributed by atoms with Gasteiger partial charge in [-0.2, -0.15) is 0 Å². The molecule has 8 nitrogen and oxygen atoms in total. The van der Waals surface area contributed by atoms with Gasteiger partial charge in [-0.3, -0.25) is 14.4 Å². The van der Waals surface area contributed by atoms with Crippen molar-refractivity contribution < 1.29 is 39.2 Å². The molecule has 2 fully saturated rings. The highest BCUT2D eigenvalue weighted by atomic mass is 16.6. The molecule has 8 atom stereocenters. The first kappa shape index (κ1) is 34.8. The van der Waals surface area contributed by atoms with Gasteiger partial charge in [-0.05, 0) is 24.5 Å². The van der Waals surface area contributed by atoms with Gasteiger partial charge in [0.15, 0.2) is 11.4 Å². The standard InChI is InChI=1S/C36H56O8/c1-7-8-9-10-11-12-13-14-15-16-17-18-29(39)43-32-24(3)35(42)27(30-33(5,6)36(30,32)44-25(4)38)20-26(22-37)21-34(41)28(35)19-23(2)31(34)40/h19-20,24,27-28,30,32,37,41-42H,7-18,21-22H2,1-6H3/t24?,27-,28+,30+,32?,34+,35+,36+/m0/s1. The zero-order chi connectivity index (χ0) is 32.5. The van der Waals surface area contributed by atoms with Gasteiger partial charge in [0.2, 0.25) is 0 Å². The van der Waals surface area contributed by atoms with E-state index in [1.54, 1.807) is 26.0 Å². The summed E-state index contributed by atoms with van der Waals surface area (Å²) in [6.07, 6.45) is 15.4. The number of carbonyl (C=O) groups is 3. The molecule has 0 aromatic carbocycles. The summed E-state index contributed by atoms with van der Waals surface area (Å²) in [6.45, 7) is 10.4. The molecule has 3 N–H and O–H groups in total. The molecule has 4 rings (SSSR count). The third-order valence-electron chi connectivity index (χ3n) is 11.5. The van der Waals surface area contributed by atoms with Crippen molar-refractivity contribution in [1.29, 1.82) is 0 Å². The van der Waals surface area contributed by atoms with Crippen molar-refractivity contribution in [2.45, 2.75) is 148 Å². The highest BCUT2D eigenvalue weighted by molar-refractivity contribution is 6.04. The van der Waals surface area contributed by atoms with E-state index in [-0.39, 0.29) is 19.4 Å². The molecule has 0 heterocycles. The monoisotopic (exact) mass is 616 g/mol. The van der Waals surface area contributed by atoms with E-state index in [1.165, 1.54) is 51.9 Å². The summed E-state index contributed by atoms with van der Waals surface area (Å²) in [7, 11) is 0. The lowest BCUT2D eigenvalue weighted by atomic mass is 9.59. The topological polar surface area (TPSA) is 130 Å². The molecule has 248 valence electrons. The number of aliphatic hydroxyl groups is 3. The molecular formula is C36H56O8. The number of hydrogen-bond donors (Lipinski definition) is 3. The highest BCUT2D eigenvalue weighted by Gasteiger charge is 2.87. The summed E-state index contributed by atoms with van der Waals surface area (Å²) in [5.41, 5.74) is -4.71. The van der Waals surface area contributed by atoms with E-state index in [9.17, 15) is 29.7 Å². The zero-order valence-electron chi connectivity index (χ0n) is 27.8. The van der Waals surface area contributed by atoms with E-state index < -0.39 is 69.7 Å². The maximum absolute atomic E-state index is 13.3. The van der Waals surface area contributed by atoms with Crippen LogP contribution in [0.25, 0.3) is 0 Å². The van der Waals surface area contributed by atoms with Crippen LogP contribution in [-0.2, 0) is 23.9 Å². The van der Waals surface area contributed by atoms with Crippen LogP contribution in [0.1, 0.15) is 125 Å². The third-order valence-corrected chi connectivity index (χ3v) is 11.5. The number of ketones is 1. The van der Waals surface area contributed by atoms with Gasteiger partial charge in [0.05, 0.1) is 12.2 Å². The lowest BCUT2D eigenvalue weighted by Crippen LogP contribution is -2.66. The molecule has 4 aliphatic carbocycles. The number of rotatable bonds is 15. The maximum Gasteiger partial charge on any atom is 0.306 e. The maximum atomic E-state index is 13.3. The zero-order valence-corrected chi connectivity index (χ0v) is 27.8. The predicted octanol–water partition coefficient (Wildman–Crippen LogP) is 5.75. The second kappa shape index (κ2) is 13.4. The van der Waals surface area contributed by atoms with Crippen molar-refractivity contribution in [1.82, 2.24) is 0 Å². The molecule has 4 aliphatic rings. The second-order valence-electron chi connectivity index (χ2n) is 14.7. The second-order valence-corrected chi connectivity index (χ2v) is 14.7. The Morgan fingerprint density at radius 1 is 0.955 bits per heavy atom. The molecule has 44 heavy (non-hydrogen) atoms. The Labute approximate surface area is 263 Å². The van der Waals surface area contributed by atoms with Crippen molar-refractivity contribution in [3.63, 3.8) is 0 Å². The minimum absolute atomic E-state index is 0.108. The quantitative estimate of drug-likeness (QED) is 0.120. The summed E-state index contributed by atoms with van der Waals surface area (Å²) < 4.78 is 12.3. The molecule has 0 amide bonds. The lowest BCUT2D eigenvalue weighted by molar-refractivity contribution is -0.228. The summed E-state index contributed by atoms with van der Waals surface area (Å²) >= 11 is 0. The molecule has 8 heteroatoms. The Kier molecular flexibility index (Phi) is 10.6. The van der Waals surface area contributed by atoms with Gasteiger partial charge in [-0.25, -0.2) is 0 Å². The molecule has 2 saturated carbocycles. The van der Waals surface area contributed by atoms with E-state index >= 15 is 0 Å². The first-order valence-electron chi connectivity index (χ1n) is 17.1. The molecule has 0 aromatic heterocycles. The average molecular weight is 617 g/mol. The predicted molar refractivity (Wildman–Crippen MR) is 167 cm³/mol.